The number of halogens is 1. The summed E-state index contributed by atoms with van der Waals surface area (Å²) in [5, 5.41) is 2.69. The van der Waals surface area contributed by atoms with Crippen molar-refractivity contribution in [3.63, 3.8) is 0 Å². The van der Waals surface area contributed by atoms with E-state index in [1.807, 2.05) is 53.4 Å². The molecule has 0 bridgehead atoms. The van der Waals surface area contributed by atoms with E-state index in [2.05, 4.69) is 5.32 Å². The zero-order valence-electron chi connectivity index (χ0n) is 11.9. The van der Waals surface area contributed by atoms with Crippen LogP contribution in [0.25, 0.3) is 5.69 Å². The van der Waals surface area contributed by atoms with Crippen molar-refractivity contribution in [1.82, 2.24) is 4.57 Å². The van der Waals surface area contributed by atoms with Crippen LogP contribution in [-0.4, -0.2) is 10.5 Å². The van der Waals surface area contributed by atoms with Crippen molar-refractivity contribution in [2.75, 3.05) is 5.32 Å². The standard InChI is InChI=1S/C18H15FN2O/c19-15-4-3-5-16(13-15)20-18(22)12-14-6-8-17(9-7-14)21-10-1-2-11-21/h1-11,13H,12H2,(H,20,22). The largest absolute Gasteiger partial charge is 0.326 e. The summed E-state index contributed by atoms with van der Waals surface area (Å²) in [6.07, 6.45) is 4.18. The van der Waals surface area contributed by atoms with Crippen LogP contribution in [0.15, 0.2) is 73.1 Å². The van der Waals surface area contributed by atoms with Gasteiger partial charge in [0.1, 0.15) is 5.82 Å². The molecule has 1 aromatic heterocycles. The molecule has 0 saturated heterocycles. The average molecular weight is 294 g/mol. The van der Waals surface area contributed by atoms with Crippen molar-refractivity contribution in [1.29, 1.82) is 0 Å². The third kappa shape index (κ3) is 3.41. The van der Waals surface area contributed by atoms with Crippen molar-refractivity contribution >= 4 is 11.6 Å². The van der Waals surface area contributed by atoms with Crippen LogP contribution in [0.3, 0.4) is 0 Å². The molecule has 3 nitrogen and oxygen atoms in total. The maximum atomic E-state index is 13.1. The van der Waals surface area contributed by atoms with E-state index in [1.54, 1.807) is 12.1 Å². The van der Waals surface area contributed by atoms with Gasteiger partial charge in [-0.1, -0.05) is 18.2 Å². The predicted molar refractivity (Wildman–Crippen MR) is 84.5 cm³/mol. The van der Waals surface area contributed by atoms with Gasteiger partial charge < -0.3 is 9.88 Å². The van der Waals surface area contributed by atoms with Crippen LogP contribution in [0.4, 0.5) is 10.1 Å². The van der Waals surface area contributed by atoms with Gasteiger partial charge in [-0.25, -0.2) is 4.39 Å². The van der Waals surface area contributed by atoms with E-state index in [0.717, 1.165) is 11.3 Å². The highest BCUT2D eigenvalue weighted by Gasteiger charge is 2.05. The topological polar surface area (TPSA) is 34.0 Å². The number of anilines is 1. The van der Waals surface area contributed by atoms with Crippen molar-refractivity contribution in [2.45, 2.75) is 6.42 Å². The number of amides is 1. The lowest BCUT2D eigenvalue weighted by Crippen LogP contribution is -2.14. The molecule has 4 heteroatoms. The van der Waals surface area contributed by atoms with E-state index in [4.69, 9.17) is 0 Å². The van der Waals surface area contributed by atoms with Crippen LogP contribution in [0.2, 0.25) is 0 Å². The molecule has 0 aliphatic heterocycles. The van der Waals surface area contributed by atoms with Crippen molar-refractivity contribution < 1.29 is 9.18 Å². The van der Waals surface area contributed by atoms with Crippen LogP contribution in [0, 0.1) is 5.82 Å². The maximum Gasteiger partial charge on any atom is 0.228 e. The summed E-state index contributed by atoms with van der Waals surface area (Å²) in [5.74, 6) is -0.534. The molecule has 0 fully saturated rings. The van der Waals surface area contributed by atoms with Crippen LogP contribution in [0.5, 0.6) is 0 Å². The van der Waals surface area contributed by atoms with Gasteiger partial charge in [-0.2, -0.15) is 0 Å². The Morgan fingerprint density at radius 3 is 2.41 bits per heavy atom. The van der Waals surface area contributed by atoms with Crippen LogP contribution >= 0.6 is 0 Å². The second-order valence-corrected chi connectivity index (χ2v) is 4.99. The van der Waals surface area contributed by atoms with Gasteiger partial charge in [-0.05, 0) is 48.0 Å². The van der Waals surface area contributed by atoms with E-state index >= 15 is 0 Å². The molecule has 0 aliphatic carbocycles. The molecule has 1 heterocycles. The van der Waals surface area contributed by atoms with E-state index in [1.165, 1.54) is 12.1 Å². The summed E-state index contributed by atoms with van der Waals surface area (Å²) in [5.41, 5.74) is 2.41. The van der Waals surface area contributed by atoms with E-state index < -0.39 is 0 Å². The molecule has 110 valence electrons. The number of rotatable bonds is 4. The van der Waals surface area contributed by atoms with Gasteiger partial charge in [0.05, 0.1) is 6.42 Å². The minimum Gasteiger partial charge on any atom is -0.326 e. The Bertz CT molecular complexity index is 764. The number of nitrogens with one attached hydrogen (secondary N) is 1. The Morgan fingerprint density at radius 2 is 1.73 bits per heavy atom. The number of hydrogen-bond acceptors (Lipinski definition) is 1. The maximum absolute atomic E-state index is 13.1. The summed E-state index contributed by atoms with van der Waals surface area (Å²) < 4.78 is 15.1. The van der Waals surface area contributed by atoms with Gasteiger partial charge in [0.2, 0.25) is 5.91 Å². The summed E-state index contributed by atoms with van der Waals surface area (Å²) in [6, 6.07) is 17.5. The monoisotopic (exact) mass is 294 g/mol. The first-order chi connectivity index (χ1) is 10.7. The number of benzene rings is 2. The van der Waals surface area contributed by atoms with Crippen molar-refractivity contribution in [3.8, 4) is 5.69 Å². The molecule has 2 aromatic carbocycles. The third-order valence-electron chi connectivity index (χ3n) is 3.31. The van der Waals surface area contributed by atoms with Crippen molar-refractivity contribution in [2.24, 2.45) is 0 Å². The summed E-state index contributed by atoms with van der Waals surface area (Å²) in [4.78, 5) is 12.0. The van der Waals surface area contributed by atoms with E-state index in [0.29, 0.717) is 5.69 Å². The first-order valence-corrected chi connectivity index (χ1v) is 6.98. The van der Waals surface area contributed by atoms with Crippen LogP contribution < -0.4 is 5.32 Å². The quantitative estimate of drug-likeness (QED) is 0.780. The predicted octanol–water partition coefficient (Wildman–Crippen LogP) is 3.80. The molecule has 0 saturated carbocycles. The Balaban J connectivity index is 1.64. The molecule has 3 rings (SSSR count). The molecule has 22 heavy (non-hydrogen) atoms. The lowest BCUT2D eigenvalue weighted by Gasteiger charge is -2.07. The number of carbonyl (C=O) groups is 1. The Labute approximate surface area is 128 Å². The Kier molecular flexibility index (Phi) is 4.01. The van der Waals surface area contributed by atoms with Gasteiger partial charge >= 0.3 is 0 Å². The van der Waals surface area contributed by atoms with Crippen LogP contribution in [0.1, 0.15) is 5.56 Å². The zero-order valence-corrected chi connectivity index (χ0v) is 11.9. The normalized spacial score (nSPS) is 10.4. The summed E-state index contributed by atoms with van der Waals surface area (Å²) >= 11 is 0. The first-order valence-electron chi connectivity index (χ1n) is 6.98. The fourth-order valence-corrected chi connectivity index (χ4v) is 2.25. The third-order valence-corrected chi connectivity index (χ3v) is 3.31. The minimum atomic E-state index is -0.367. The van der Waals surface area contributed by atoms with Gasteiger partial charge in [0.25, 0.3) is 0 Å². The molecule has 0 unspecified atom stereocenters. The second kappa shape index (κ2) is 6.26. The first kappa shape index (κ1) is 14.1. The molecular formula is C18H15FN2O. The summed E-state index contributed by atoms with van der Waals surface area (Å²) in [6.45, 7) is 0. The zero-order chi connectivity index (χ0) is 15.4. The molecule has 0 atom stereocenters. The number of aromatic nitrogens is 1. The van der Waals surface area contributed by atoms with Gasteiger partial charge in [0.15, 0.2) is 0 Å². The number of hydrogen-bond donors (Lipinski definition) is 1. The number of nitrogens with zero attached hydrogens (tertiary/aromatic N) is 1. The molecule has 0 radical (unpaired) electrons. The highest BCUT2D eigenvalue weighted by atomic mass is 19.1. The molecule has 1 amide bonds. The number of carbonyl (C=O) groups excluding carboxylic acids is 1. The summed E-state index contributed by atoms with van der Waals surface area (Å²) in [7, 11) is 0. The Morgan fingerprint density at radius 1 is 1.00 bits per heavy atom. The molecule has 0 spiro atoms. The fourth-order valence-electron chi connectivity index (χ4n) is 2.25. The molecule has 3 aromatic rings. The van der Waals surface area contributed by atoms with E-state index in [-0.39, 0.29) is 18.1 Å². The highest BCUT2D eigenvalue weighted by molar-refractivity contribution is 5.92. The van der Waals surface area contributed by atoms with Crippen LogP contribution in [-0.2, 0) is 11.2 Å². The minimum absolute atomic E-state index is 0.167. The lowest BCUT2D eigenvalue weighted by atomic mass is 10.1. The van der Waals surface area contributed by atoms with Gasteiger partial charge in [-0.3, -0.25) is 4.79 Å². The Hall–Kier alpha value is -2.88. The lowest BCUT2D eigenvalue weighted by molar-refractivity contribution is -0.115. The fraction of sp³-hybridized carbons (Fsp3) is 0.0556. The SMILES string of the molecule is O=C(Cc1ccc(-n2cccc2)cc1)Nc1cccc(F)c1. The van der Waals surface area contributed by atoms with Gasteiger partial charge in [-0.15, -0.1) is 0 Å². The molecule has 0 aliphatic rings. The molecule has 1 N–H and O–H groups in total. The highest BCUT2D eigenvalue weighted by Crippen LogP contribution is 2.12. The van der Waals surface area contributed by atoms with Gasteiger partial charge in [0, 0.05) is 23.8 Å². The smallest absolute Gasteiger partial charge is 0.228 e. The second-order valence-electron chi connectivity index (χ2n) is 4.99. The van der Waals surface area contributed by atoms with E-state index in [9.17, 15) is 9.18 Å². The average Bonchev–Trinajstić information content (AvgIpc) is 3.02. The van der Waals surface area contributed by atoms with Crippen molar-refractivity contribution in [3.05, 3.63) is 84.4 Å². The molecular weight excluding hydrogens is 279 g/mol.